The molecule has 1 aromatic carbocycles. The third kappa shape index (κ3) is 3.10. The summed E-state index contributed by atoms with van der Waals surface area (Å²) < 4.78 is 0. The lowest BCUT2D eigenvalue weighted by molar-refractivity contribution is 0.439. The van der Waals surface area contributed by atoms with E-state index in [1.54, 1.807) is 0 Å². The predicted octanol–water partition coefficient (Wildman–Crippen LogP) is 4.34. The lowest BCUT2D eigenvalue weighted by atomic mass is 10.0. The molecule has 0 saturated heterocycles. The maximum Gasteiger partial charge on any atom is 0.196 e. The van der Waals surface area contributed by atoms with Crippen molar-refractivity contribution < 1.29 is 0 Å². The van der Waals surface area contributed by atoms with Crippen molar-refractivity contribution in [1.82, 2.24) is 5.32 Å². The molecule has 21 heavy (non-hydrogen) atoms. The topological polar surface area (TPSA) is 36.4 Å². The van der Waals surface area contributed by atoms with Gasteiger partial charge in [-0.3, -0.25) is 0 Å². The molecule has 2 saturated carbocycles. The summed E-state index contributed by atoms with van der Waals surface area (Å²) in [6.07, 6.45) is 5.30. The Morgan fingerprint density at radius 2 is 1.67 bits per heavy atom. The number of aliphatic imine (C=N–C) groups is 1. The molecule has 0 aromatic heterocycles. The molecule has 2 fully saturated rings. The quantitative estimate of drug-likeness (QED) is 0.854. The molecule has 2 aliphatic carbocycles. The maximum atomic E-state index is 6.20. The van der Waals surface area contributed by atoms with Gasteiger partial charge in [0.05, 0.1) is 27.8 Å². The van der Waals surface area contributed by atoms with Gasteiger partial charge in [0.2, 0.25) is 0 Å². The molecule has 114 valence electrons. The second kappa shape index (κ2) is 5.86. The fourth-order valence-corrected chi connectivity index (χ4v) is 3.49. The molecule has 1 aliphatic heterocycles. The second-order valence-corrected chi connectivity index (χ2v) is 6.85. The van der Waals surface area contributed by atoms with Crippen LogP contribution in [-0.4, -0.2) is 18.0 Å². The van der Waals surface area contributed by atoms with Crippen molar-refractivity contribution in [3.63, 3.8) is 0 Å². The third-order valence-corrected chi connectivity index (χ3v) is 5.02. The number of nitrogens with zero attached hydrogens (tertiary/aromatic N) is 1. The van der Waals surface area contributed by atoms with Crippen molar-refractivity contribution in [1.29, 1.82) is 0 Å². The molecule has 1 heterocycles. The van der Waals surface area contributed by atoms with E-state index in [0.29, 0.717) is 22.1 Å². The highest BCUT2D eigenvalue weighted by Crippen LogP contribution is 2.44. The first-order chi connectivity index (χ1) is 9.72. The summed E-state index contributed by atoms with van der Waals surface area (Å²) in [6.45, 7) is 0. The minimum Gasteiger partial charge on any atom is -0.351 e. The molecule has 0 radical (unpaired) electrons. The van der Waals surface area contributed by atoms with E-state index >= 15 is 0 Å². The van der Waals surface area contributed by atoms with Crippen LogP contribution >= 0.6 is 35.6 Å². The van der Waals surface area contributed by atoms with E-state index < -0.39 is 0 Å². The molecule has 1 aromatic rings. The summed E-state index contributed by atoms with van der Waals surface area (Å²) in [7, 11) is 0. The molecule has 4 rings (SSSR count). The lowest BCUT2D eigenvalue weighted by Crippen LogP contribution is -2.39. The van der Waals surface area contributed by atoms with Crippen LogP contribution < -0.4 is 10.6 Å². The Balaban J connectivity index is 0.00000132. The van der Waals surface area contributed by atoms with Crippen LogP contribution in [-0.2, 0) is 0 Å². The Kier molecular flexibility index (Phi) is 4.26. The molecule has 0 amide bonds. The number of para-hydroxylation sites is 1. The van der Waals surface area contributed by atoms with Crippen LogP contribution in [0.4, 0.5) is 5.69 Å². The van der Waals surface area contributed by atoms with E-state index in [0.717, 1.165) is 23.5 Å². The van der Waals surface area contributed by atoms with Crippen LogP contribution in [0.15, 0.2) is 23.2 Å². The Hall–Kier alpha value is -0.640. The second-order valence-electron chi connectivity index (χ2n) is 6.03. The monoisotopic (exact) mass is 345 g/mol. The van der Waals surface area contributed by atoms with Crippen LogP contribution in [0.3, 0.4) is 0 Å². The first kappa shape index (κ1) is 15.3. The van der Waals surface area contributed by atoms with Crippen molar-refractivity contribution in [2.24, 2.45) is 16.8 Å². The Labute approximate surface area is 140 Å². The van der Waals surface area contributed by atoms with Gasteiger partial charge in [0.25, 0.3) is 0 Å². The van der Waals surface area contributed by atoms with Gasteiger partial charge in [-0.1, -0.05) is 29.3 Å². The SMILES string of the molecule is Cl.Clc1cccc(Cl)c1NC1=N[C@H](C2CC2)[C@H](C2CC2)N1. The number of nitrogens with one attached hydrogen (secondary N) is 2. The molecule has 0 bridgehead atoms. The van der Waals surface area contributed by atoms with Gasteiger partial charge in [-0.2, -0.15) is 0 Å². The largest absolute Gasteiger partial charge is 0.351 e. The maximum absolute atomic E-state index is 6.20. The summed E-state index contributed by atoms with van der Waals surface area (Å²) in [5.74, 6) is 2.40. The van der Waals surface area contributed by atoms with Crippen LogP contribution in [0.1, 0.15) is 25.7 Å². The smallest absolute Gasteiger partial charge is 0.196 e. The van der Waals surface area contributed by atoms with E-state index in [-0.39, 0.29) is 12.4 Å². The number of benzene rings is 1. The standard InChI is InChI=1S/C15H17Cl2N3.ClH/c16-10-2-1-3-11(17)14(10)20-15-18-12(8-4-5-8)13(19-15)9-6-7-9;/h1-3,8-9,12-13H,4-7H2,(H2,18,19,20);1H/t12-,13+;. The van der Waals surface area contributed by atoms with Gasteiger partial charge in [-0.05, 0) is 49.7 Å². The van der Waals surface area contributed by atoms with E-state index in [1.807, 2.05) is 18.2 Å². The number of anilines is 1. The van der Waals surface area contributed by atoms with Crippen molar-refractivity contribution in [2.45, 2.75) is 37.8 Å². The minimum atomic E-state index is 0. The number of halogens is 3. The first-order valence-electron chi connectivity index (χ1n) is 7.28. The fourth-order valence-electron chi connectivity index (χ4n) is 3.00. The molecule has 2 atom stereocenters. The van der Waals surface area contributed by atoms with Crippen molar-refractivity contribution in [2.75, 3.05) is 5.32 Å². The van der Waals surface area contributed by atoms with Gasteiger partial charge >= 0.3 is 0 Å². The van der Waals surface area contributed by atoms with Crippen LogP contribution in [0.2, 0.25) is 10.0 Å². The predicted molar refractivity (Wildman–Crippen MR) is 90.9 cm³/mol. The third-order valence-electron chi connectivity index (χ3n) is 4.39. The summed E-state index contributed by atoms with van der Waals surface area (Å²) in [5.41, 5.74) is 0.744. The van der Waals surface area contributed by atoms with Crippen LogP contribution in [0.25, 0.3) is 0 Å². The molecule has 3 aliphatic rings. The summed E-state index contributed by atoms with van der Waals surface area (Å²) in [6, 6.07) is 6.46. The number of rotatable bonds is 3. The summed E-state index contributed by atoms with van der Waals surface area (Å²) in [5, 5.41) is 8.08. The van der Waals surface area contributed by atoms with Crippen LogP contribution in [0.5, 0.6) is 0 Å². The Bertz CT molecular complexity index is 547. The van der Waals surface area contributed by atoms with E-state index in [9.17, 15) is 0 Å². The Morgan fingerprint density at radius 3 is 2.24 bits per heavy atom. The average Bonchev–Trinajstić information content (AvgIpc) is 3.32. The van der Waals surface area contributed by atoms with Crippen molar-refractivity contribution in [3.05, 3.63) is 28.2 Å². The van der Waals surface area contributed by atoms with Gasteiger partial charge in [0, 0.05) is 0 Å². The molecule has 2 N–H and O–H groups in total. The van der Waals surface area contributed by atoms with E-state index in [4.69, 9.17) is 28.2 Å². The summed E-state index contributed by atoms with van der Waals surface area (Å²) in [4.78, 5) is 4.85. The van der Waals surface area contributed by atoms with Gasteiger partial charge in [0.15, 0.2) is 5.96 Å². The lowest BCUT2D eigenvalue weighted by Gasteiger charge is -2.17. The van der Waals surface area contributed by atoms with Crippen molar-refractivity contribution in [3.8, 4) is 0 Å². The fraction of sp³-hybridized carbons (Fsp3) is 0.533. The minimum absolute atomic E-state index is 0. The molecule has 0 unspecified atom stereocenters. The van der Waals surface area contributed by atoms with Gasteiger partial charge in [0.1, 0.15) is 0 Å². The van der Waals surface area contributed by atoms with E-state index in [2.05, 4.69) is 10.6 Å². The first-order valence-corrected chi connectivity index (χ1v) is 8.03. The average molecular weight is 347 g/mol. The molecular formula is C15H18Cl3N3. The summed E-state index contributed by atoms with van der Waals surface area (Å²) >= 11 is 12.4. The molecule has 6 heteroatoms. The van der Waals surface area contributed by atoms with Gasteiger partial charge < -0.3 is 10.6 Å². The highest BCUT2D eigenvalue weighted by Gasteiger charge is 2.46. The van der Waals surface area contributed by atoms with Gasteiger partial charge in [-0.25, -0.2) is 4.99 Å². The number of hydrogen-bond donors (Lipinski definition) is 2. The molecule has 3 nitrogen and oxygen atoms in total. The zero-order valence-electron chi connectivity index (χ0n) is 11.5. The van der Waals surface area contributed by atoms with Crippen LogP contribution in [0, 0.1) is 11.8 Å². The van der Waals surface area contributed by atoms with Gasteiger partial charge in [-0.15, -0.1) is 12.4 Å². The molecule has 0 spiro atoms. The van der Waals surface area contributed by atoms with Crippen molar-refractivity contribution >= 4 is 47.3 Å². The highest BCUT2D eigenvalue weighted by atomic mass is 35.5. The zero-order chi connectivity index (χ0) is 13.7. The number of guanidine groups is 1. The zero-order valence-corrected chi connectivity index (χ0v) is 13.8. The highest BCUT2D eigenvalue weighted by molar-refractivity contribution is 6.39. The van der Waals surface area contributed by atoms with E-state index in [1.165, 1.54) is 25.7 Å². The normalized spacial score (nSPS) is 27.6. The molecular weight excluding hydrogens is 329 g/mol. The number of hydrogen-bond acceptors (Lipinski definition) is 3. The Morgan fingerprint density at radius 1 is 1.05 bits per heavy atom.